The Labute approximate surface area is 157 Å². The third-order valence-corrected chi connectivity index (χ3v) is 4.43. The lowest BCUT2D eigenvalue weighted by atomic mass is 9.97. The number of para-hydroxylation sites is 2. The standard InChI is InChI=1S/C22H21NO4/c1-3-15(2)16-8-10-17(11-9-16)19(24)14-26-22(25)13-12-21-23-18-6-4-5-7-20(18)27-21/h4-13,15H,3,14H2,1-2H3/b13-12+/t15-/m0/s1. The average molecular weight is 363 g/mol. The van der Waals surface area contributed by atoms with Crippen LogP contribution in [-0.4, -0.2) is 23.3 Å². The van der Waals surface area contributed by atoms with E-state index in [0.29, 0.717) is 28.5 Å². The number of hydrogen-bond donors (Lipinski definition) is 0. The zero-order chi connectivity index (χ0) is 19.2. The summed E-state index contributed by atoms with van der Waals surface area (Å²) in [7, 11) is 0. The molecule has 5 nitrogen and oxygen atoms in total. The van der Waals surface area contributed by atoms with Gasteiger partial charge in [0.15, 0.2) is 18.0 Å². The fourth-order valence-electron chi connectivity index (χ4n) is 2.60. The number of benzene rings is 2. The second-order valence-electron chi connectivity index (χ2n) is 6.32. The minimum absolute atomic E-state index is 0.241. The predicted molar refractivity (Wildman–Crippen MR) is 103 cm³/mol. The summed E-state index contributed by atoms with van der Waals surface area (Å²) < 4.78 is 10.5. The molecule has 1 heterocycles. The lowest BCUT2D eigenvalue weighted by molar-refractivity contribution is -0.136. The molecular formula is C22H21NO4. The van der Waals surface area contributed by atoms with Crippen molar-refractivity contribution in [2.45, 2.75) is 26.2 Å². The highest BCUT2D eigenvalue weighted by Gasteiger charge is 2.10. The molecule has 0 saturated heterocycles. The molecule has 0 aliphatic rings. The second-order valence-corrected chi connectivity index (χ2v) is 6.32. The summed E-state index contributed by atoms with van der Waals surface area (Å²) in [6.07, 6.45) is 3.66. The Morgan fingerprint density at radius 1 is 1.15 bits per heavy atom. The van der Waals surface area contributed by atoms with Gasteiger partial charge in [0.2, 0.25) is 5.89 Å². The molecule has 0 N–H and O–H groups in total. The Bertz CT molecular complexity index is 936. The van der Waals surface area contributed by atoms with Crippen LogP contribution in [0.25, 0.3) is 17.2 Å². The number of ether oxygens (including phenoxy) is 1. The van der Waals surface area contributed by atoms with E-state index in [2.05, 4.69) is 18.8 Å². The normalized spacial score (nSPS) is 12.4. The third kappa shape index (κ3) is 4.70. The van der Waals surface area contributed by atoms with Crippen molar-refractivity contribution >= 4 is 28.9 Å². The smallest absolute Gasteiger partial charge is 0.331 e. The largest absolute Gasteiger partial charge is 0.454 e. The van der Waals surface area contributed by atoms with Crippen LogP contribution in [-0.2, 0) is 9.53 Å². The topological polar surface area (TPSA) is 69.4 Å². The first-order valence-electron chi connectivity index (χ1n) is 8.90. The summed E-state index contributed by atoms with van der Waals surface area (Å²) in [4.78, 5) is 28.2. The molecule has 0 bridgehead atoms. The number of carbonyl (C=O) groups excluding carboxylic acids is 2. The average Bonchev–Trinajstić information content (AvgIpc) is 3.13. The molecule has 0 aliphatic heterocycles. The van der Waals surface area contributed by atoms with Gasteiger partial charge in [-0.3, -0.25) is 4.79 Å². The molecule has 27 heavy (non-hydrogen) atoms. The fraction of sp³-hybridized carbons (Fsp3) is 0.227. The van der Waals surface area contributed by atoms with Crippen LogP contribution in [0.3, 0.4) is 0 Å². The summed E-state index contributed by atoms with van der Waals surface area (Å²) in [5, 5.41) is 0. The van der Waals surface area contributed by atoms with Gasteiger partial charge in [0.05, 0.1) is 0 Å². The summed E-state index contributed by atoms with van der Waals surface area (Å²) in [6, 6.07) is 14.7. The first-order chi connectivity index (χ1) is 13.1. The van der Waals surface area contributed by atoms with E-state index in [1.165, 1.54) is 17.7 Å². The van der Waals surface area contributed by atoms with E-state index in [0.717, 1.165) is 6.42 Å². The van der Waals surface area contributed by atoms with E-state index >= 15 is 0 Å². The van der Waals surface area contributed by atoms with E-state index < -0.39 is 5.97 Å². The van der Waals surface area contributed by atoms with Gasteiger partial charge in [-0.1, -0.05) is 50.2 Å². The maximum Gasteiger partial charge on any atom is 0.331 e. The monoisotopic (exact) mass is 363 g/mol. The molecule has 3 rings (SSSR count). The number of Topliss-reactive ketones (excluding diaryl/α,β-unsaturated/α-hetero) is 1. The van der Waals surface area contributed by atoms with Gasteiger partial charge >= 0.3 is 5.97 Å². The van der Waals surface area contributed by atoms with Crippen LogP contribution in [0.15, 0.2) is 59.0 Å². The highest BCUT2D eigenvalue weighted by atomic mass is 16.5. The molecule has 1 aromatic heterocycles. The number of hydrogen-bond acceptors (Lipinski definition) is 5. The molecule has 0 spiro atoms. The molecule has 3 aromatic rings. The highest BCUT2D eigenvalue weighted by molar-refractivity contribution is 5.98. The van der Waals surface area contributed by atoms with E-state index in [4.69, 9.17) is 9.15 Å². The van der Waals surface area contributed by atoms with Crippen LogP contribution in [0.4, 0.5) is 0 Å². The molecule has 0 radical (unpaired) electrons. The number of carbonyl (C=O) groups is 2. The van der Waals surface area contributed by atoms with E-state index in [-0.39, 0.29) is 12.4 Å². The minimum Gasteiger partial charge on any atom is -0.454 e. The van der Waals surface area contributed by atoms with Crippen molar-refractivity contribution in [1.29, 1.82) is 0 Å². The zero-order valence-electron chi connectivity index (χ0n) is 15.3. The number of rotatable bonds is 7. The lowest BCUT2D eigenvalue weighted by Crippen LogP contribution is -2.12. The second kappa shape index (κ2) is 8.45. The van der Waals surface area contributed by atoms with Gasteiger partial charge in [-0.2, -0.15) is 0 Å². The van der Waals surface area contributed by atoms with Crippen LogP contribution in [0.5, 0.6) is 0 Å². The van der Waals surface area contributed by atoms with Gasteiger partial charge in [-0.15, -0.1) is 0 Å². The molecular weight excluding hydrogens is 342 g/mol. The van der Waals surface area contributed by atoms with Gasteiger partial charge < -0.3 is 9.15 Å². The molecule has 2 aromatic carbocycles. The van der Waals surface area contributed by atoms with E-state index in [9.17, 15) is 9.59 Å². The van der Waals surface area contributed by atoms with E-state index in [1.54, 1.807) is 18.2 Å². The summed E-state index contributed by atoms with van der Waals surface area (Å²) >= 11 is 0. The first kappa shape index (κ1) is 18.6. The predicted octanol–water partition coefficient (Wildman–Crippen LogP) is 4.78. The molecule has 0 unspecified atom stereocenters. The Balaban J connectivity index is 1.54. The molecule has 0 aliphatic carbocycles. The Morgan fingerprint density at radius 3 is 2.59 bits per heavy atom. The molecule has 0 saturated carbocycles. The third-order valence-electron chi connectivity index (χ3n) is 4.43. The maximum absolute atomic E-state index is 12.2. The van der Waals surface area contributed by atoms with Gasteiger partial charge in [0.25, 0.3) is 0 Å². The molecule has 1 atom stereocenters. The molecule has 138 valence electrons. The van der Waals surface area contributed by atoms with Crippen LogP contribution >= 0.6 is 0 Å². The number of aromatic nitrogens is 1. The van der Waals surface area contributed by atoms with Crippen molar-refractivity contribution in [1.82, 2.24) is 4.98 Å². The molecule has 0 fully saturated rings. The van der Waals surface area contributed by atoms with Crippen LogP contribution in [0.2, 0.25) is 0 Å². The van der Waals surface area contributed by atoms with Crippen molar-refractivity contribution < 1.29 is 18.7 Å². The lowest BCUT2D eigenvalue weighted by Gasteiger charge is -2.09. The molecule has 5 heteroatoms. The highest BCUT2D eigenvalue weighted by Crippen LogP contribution is 2.19. The van der Waals surface area contributed by atoms with Crippen molar-refractivity contribution in [3.05, 3.63) is 71.6 Å². The van der Waals surface area contributed by atoms with Crippen molar-refractivity contribution in [2.24, 2.45) is 0 Å². The summed E-state index contributed by atoms with van der Waals surface area (Å²) in [5.74, 6) is -0.111. The Kier molecular flexibility index (Phi) is 5.81. The van der Waals surface area contributed by atoms with Crippen molar-refractivity contribution in [3.63, 3.8) is 0 Å². The summed E-state index contributed by atoms with van der Waals surface area (Å²) in [6.45, 7) is 3.96. The SMILES string of the molecule is CC[C@H](C)c1ccc(C(=O)COC(=O)/C=C/c2nc3ccccc3o2)cc1. The van der Waals surface area contributed by atoms with E-state index in [1.807, 2.05) is 30.3 Å². The van der Waals surface area contributed by atoms with Gasteiger partial charge in [0.1, 0.15) is 5.52 Å². The quantitative estimate of drug-likeness (QED) is 0.343. The Morgan fingerprint density at radius 2 is 1.89 bits per heavy atom. The number of nitrogens with zero attached hydrogens (tertiary/aromatic N) is 1. The fourth-order valence-corrected chi connectivity index (χ4v) is 2.60. The van der Waals surface area contributed by atoms with Crippen LogP contribution in [0.1, 0.15) is 48.0 Å². The zero-order valence-corrected chi connectivity index (χ0v) is 15.3. The number of fused-ring (bicyclic) bond motifs is 1. The first-order valence-corrected chi connectivity index (χ1v) is 8.90. The van der Waals surface area contributed by atoms with Crippen LogP contribution < -0.4 is 0 Å². The van der Waals surface area contributed by atoms with Crippen molar-refractivity contribution in [3.8, 4) is 0 Å². The van der Waals surface area contributed by atoms with Gasteiger partial charge in [-0.25, -0.2) is 9.78 Å². The number of esters is 1. The van der Waals surface area contributed by atoms with Crippen molar-refractivity contribution in [2.75, 3.05) is 6.61 Å². The summed E-state index contributed by atoms with van der Waals surface area (Å²) in [5.41, 5.74) is 3.06. The maximum atomic E-state index is 12.2. The molecule has 0 amide bonds. The van der Waals surface area contributed by atoms with Crippen LogP contribution in [0, 0.1) is 0 Å². The van der Waals surface area contributed by atoms with Gasteiger partial charge in [-0.05, 0) is 30.0 Å². The van der Waals surface area contributed by atoms with Gasteiger partial charge in [0, 0.05) is 17.7 Å². The minimum atomic E-state index is -0.623. The number of oxazole rings is 1. The Hall–Kier alpha value is -3.21. The number of ketones is 1.